The SMILES string of the molecule is COc1cccc(-n2c(CCl)nc3ccc(C)cc32)c1. The molecule has 102 valence electrons. The third kappa shape index (κ3) is 2.14. The summed E-state index contributed by atoms with van der Waals surface area (Å²) >= 11 is 6.05. The topological polar surface area (TPSA) is 27.1 Å². The summed E-state index contributed by atoms with van der Waals surface area (Å²) in [7, 11) is 1.66. The van der Waals surface area contributed by atoms with E-state index < -0.39 is 0 Å². The first kappa shape index (κ1) is 13.0. The average molecular weight is 287 g/mol. The van der Waals surface area contributed by atoms with Crippen LogP contribution >= 0.6 is 11.6 Å². The number of hydrogen-bond donors (Lipinski definition) is 0. The normalized spacial score (nSPS) is 10.9. The van der Waals surface area contributed by atoms with E-state index in [9.17, 15) is 0 Å². The first-order valence-corrected chi connectivity index (χ1v) is 6.95. The zero-order valence-electron chi connectivity index (χ0n) is 11.4. The number of aromatic nitrogens is 2. The number of fused-ring (bicyclic) bond motifs is 1. The molecule has 0 aliphatic carbocycles. The fraction of sp³-hybridized carbons (Fsp3) is 0.188. The molecule has 0 aliphatic heterocycles. The van der Waals surface area contributed by atoms with Crippen molar-refractivity contribution in [1.82, 2.24) is 9.55 Å². The monoisotopic (exact) mass is 286 g/mol. The van der Waals surface area contributed by atoms with E-state index in [0.717, 1.165) is 28.3 Å². The van der Waals surface area contributed by atoms with Crippen molar-refractivity contribution >= 4 is 22.6 Å². The quantitative estimate of drug-likeness (QED) is 0.678. The number of nitrogens with zero attached hydrogens (tertiary/aromatic N) is 2. The highest BCUT2D eigenvalue weighted by Gasteiger charge is 2.12. The number of aryl methyl sites for hydroxylation is 1. The molecular weight excluding hydrogens is 272 g/mol. The van der Waals surface area contributed by atoms with Crippen LogP contribution in [0.3, 0.4) is 0 Å². The van der Waals surface area contributed by atoms with Crippen molar-refractivity contribution in [3.05, 3.63) is 53.9 Å². The Morgan fingerprint density at radius 1 is 1.20 bits per heavy atom. The van der Waals surface area contributed by atoms with Crippen LogP contribution in [-0.4, -0.2) is 16.7 Å². The molecule has 0 bridgehead atoms. The largest absolute Gasteiger partial charge is 0.497 e. The maximum atomic E-state index is 6.05. The molecule has 0 amide bonds. The Labute approximate surface area is 122 Å². The zero-order chi connectivity index (χ0) is 14.1. The smallest absolute Gasteiger partial charge is 0.129 e. The maximum Gasteiger partial charge on any atom is 0.129 e. The van der Waals surface area contributed by atoms with Crippen LogP contribution in [0.15, 0.2) is 42.5 Å². The maximum absolute atomic E-state index is 6.05. The lowest BCUT2D eigenvalue weighted by atomic mass is 10.2. The summed E-state index contributed by atoms with van der Waals surface area (Å²) in [4.78, 5) is 4.59. The molecule has 0 spiro atoms. The number of imidazole rings is 1. The number of methoxy groups -OCH3 is 1. The lowest BCUT2D eigenvalue weighted by Crippen LogP contribution is -1.99. The molecule has 0 fully saturated rings. The van der Waals surface area contributed by atoms with E-state index in [0.29, 0.717) is 5.88 Å². The molecule has 1 aromatic heterocycles. The van der Waals surface area contributed by atoms with Crippen LogP contribution in [0.2, 0.25) is 0 Å². The van der Waals surface area contributed by atoms with Gasteiger partial charge in [0.2, 0.25) is 0 Å². The van der Waals surface area contributed by atoms with E-state index in [4.69, 9.17) is 16.3 Å². The van der Waals surface area contributed by atoms with Gasteiger partial charge in [-0.3, -0.25) is 4.57 Å². The molecule has 0 radical (unpaired) electrons. The molecule has 0 aliphatic rings. The minimum absolute atomic E-state index is 0.366. The first-order chi connectivity index (χ1) is 9.72. The molecular formula is C16H15ClN2O. The van der Waals surface area contributed by atoms with E-state index in [2.05, 4.69) is 28.6 Å². The fourth-order valence-corrected chi connectivity index (χ4v) is 2.54. The minimum Gasteiger partial charge on any atom is -0.497 e. The van der Waals surface area contributed by atoms with E-state index in [-0.39, 0.29) is 0 Å². The van der Waals surface area contributed by atoms with Crippen molar-refractivity contribution in [2.75, 3.05) is 7.11 Å². The van der Waals surface area contributed by atoms with Gasteiger partial charge in [0, 0.05) is 6.07 Å². The Balaban J connectivity index is 2.29. The highest BCUT2D eigenvalue weighted by atomic mass is 35.5. The molecule has 0 unspecified atom stereocenters. The Morgan fingerprint density at radius 3 is 2.80 bits per heavy atom. The zero-order valence-corrected chi connectivity index (χ0v) is 12.2. The number of rotatable bonds is 3. The van der Waals surface area contributed by atoms with Crippen molar-refractivity contribution < 1.29 is 4.74 Å². The molecule has 0 atom stereocenters. The first-order valence-electron chi connectivity index (χ1n) is 6.41. The van der Waals surface area contributed by atoms with Crippen LogP contribution in [-0.2, 0) is 5.88 Å². The second-order valence-corrected chi connectivity index (χ2v) is 4.96. The van der Waals surface area contributed by atoms with Gasteiger partial charge in [-0.2, -0.15) is 0 Å². The van der Waals surface area contributed by atoms with Gasteiger partial charge >= 0.3 is 0 Å². The summed E-state index contributed by atoms with van der Waals surface area (Å²) in [6.45, 7) is 2.07. The Hall–Kier alpha value is -2.00. The predicted molar refractivity (Wildman–Crippen MR) is 81.9 cm³/mol. The molecule has 3 nitrogen and oxygen atoms in total. The van der Waals surface area contributed by atoms with Crippen LogP contribution in [0.1, 0.15) is 11.4 Å². The molecule has 0 saturated heterocycles. The van der Waals surface area contributed by atoms with Crippen molar-refractivity contribution in [2.24, 2.45) is 0 Å². The second kappa shape index (κ2) is 5.17. The van der Waals surface area contributed by atoms with Gasteiger partial charge in [-0.1, -0.05) is 12.1 Å². The summed E-state index contributed by atoms with van der Waals surface area (Å²) in [6.07, 6.45) is 0. The number of alkyl halides is 1. The van der Waals surface area contributed by atoms with E-state index >= 15 is 0 Å². The third-order valence-corrected chi connectivity index (χ3v) is 3.55. The minimum atomic E-state index is 0.366. The van der Waals surface area contributed by atoms with Crippen LogP contribution in [0.5, 0.6) is 5.75 Å². The molecule has 3 aromatic rings. The fourth-order valence-electron chi connectivity index (χ4n) is 2.36. The van der Waals surface area contributed by atoms with Crippen molar-refractivity contribution in [1.29, 1.82) is 0 Å². The van der Waals surface area contributed by atoms with Gasteiger partial charge in [0.05, 0.1) is 29.7 Å². The van der Waals surface area contributed by atoms with Crippen LogP contribution in [0.25, 0.3) is 16.7 Å². The molecule has 4 heteroatoms. The van der Waals surface area contributed by atoms with E-state index in [1.165, 1.54) is 5.56 Å². The standard InChI is InChI=1S/C16H15ClN2O/c1-11-6-7-14-15(8-11)19(16(10-17)18-14)12-4-3-5-13(9-12)20-2/h3-9H,10H2,1-2H3. The molecule has 1 heterocycles. The molecule has 0 N–H and O–H groups in total. The lowest BCUT2D eigenvalue weighted by molar-refractivity contribution is 0.414. The average Bonchev–Trinajstić information content (AvgIpc) is 2.85. The summed E-state index contributed by atoms with van der Waals surface area (Å²) < 4.78 is 7.38. The molecule has 0 saturated carbocycles. The summed E-state index contributed by atoms with van der Waals surface area (Å²) in [5.41, 5.74) is 4.22. The molecule has 2 aromatic carbocycles. The van der Waals surface area contributed by atoms with Gasteiger partial charge in [0.15, 0.2) is 0 Å². The Kier molecular flexibility index (Phi) is 3.36. The highest BCUT2D eigenvalue weighted by Crippen LogP contribution is 2.25. The summed E-state index contributed by atoms with van der Waals surface area (Å²) in [6, 6.07) is 14.1. The predicted octanol–water partition coefficient (Wildman–Crippen LogP) is 4.08. The van der Waals surface area contributed by atoms with Gasteiger partial charge in [-0.25, -0.2) is 4.98 Å². The highest BCUT2D eigenvalue weighted by molar-refractivity contribution is 6.17. The van der Waals surface area contributed by atoms with Crippen molar-refractivity contribution in [3.8, 4) is 11.4 Å². The Morgan fingerprint density at radius 2 is 2.05 bits per heavy atom. The number of hydrogen-bond acceptors (Lipinski definition) is 2. The molecule has 20 heavy (non-hydrogen) atoms. The van der Waals surface area contributed by atoms with Crippen LogP contribution < -0.4 is 4.74 Å². The van der Waals surface area contributed by atoms with Crippen LogP contribution in [0, 0.1) is 6.92 Å². The summed E-state index contributed by atoms with van der Waals surface area (Å²) in [5.74, 6) is 2.02. The summed E-state index contributed by atoms with van der Waals surface area (Å²) in [5, 5.41) is 0. The van der Waals surface area contributed by atoms with Gasteiger partial charge in [-0.15, -0.1) is 11.6 Å². The van der Waals surface area contributed by atoms with Gasteiger partial charge in [0.1, 0.15) is 11.6 Å². The van der Waals surface area contributed by atoms with Gasteiger partial charge in [-0.05, 0) is 36.8 Å². The van der Waals surface area contributed by atoms with E-state index in [1.54, 1.807) is 7.11 Å². The number of halogens is 1. The van der Waals surface area contributed by atoms with Crippen LogP contribution in [0.4, 0.5) is 0 Å². The lowest BCUT2D eigenvalue weighted by Gasteiger charge is -2.09. The third-order valence-electron chi connectivity index (χ3n) is 3.31. The van der Waals surface area contributed by atoms with Gasteiger partial charge < -0.3 is 4.74 Å². The van der Waals surface area contributed by atoms with Gasteiger partial charge in [0.25, 0.3) is 0 Å². The molecule has 3 rings (SSSR count). The Bertz CT molecular complexity index is 764. The van der Waals surface area contributed by atoms with E-state index in [1.807, 2.05) is 30.3 Å². The van der Waals surface area contributed by atoms with Crippen molar-refractivity contribution in [3.63, 3.8) is 0 Å². The number of benzene rings is 2. The second-order valence-electron chi connectivity index (χ2n) is 4.69. The number of ether oxygens (including phenoxy) is 1. The van der Waals surface area contributed by atoms with Crippen molar-refractivity contribution in [2.45, 2.75) is 12.8 Å².